The van der Waals surface area contributed by atoms with Crippen molar-refractivity contribution in [2.24, 2.45) is 0 Å². The smallest absolute Gasteiger partial charge is 0.0465 e. The highest BCUT2D eigenvalue weighted by Crippen LogP contribution is 2.56. The summed E-state index contributed by atoms with van der Waals surface area (Å²) in [5.41, 5.74) is 13.6. The fourth-order valence-corrected chi connectivity index (χ4v) is 9.02. The van der Waals surface area contributed by atoms with Gasteiger partial charge >= 0.3 is 0 Å². The normalized spacial score (nSPS) is 13.2. The number of fused-ring (bicyclic) bond motifs is 3. The van der Waals surface area contributed by atoms with Gasteiger partial charge in [0.25, 0.3) is 0 Å². The molecule has 0 spiro atoms. The second-order valence-electron chi connectivity index (χ2n) is 16.6. The lowest BCUT2D eigenvalue weighted by Gasteiger charge is -2.34. The molecule has 2 heteroatoms. The molecule has 278 valence electrons. The molecule has 0 aromatic heterocycles. The van der Waals surface area contributed by atoms with Crippen LogP contribution in [0.5, 0.6) is 0 Å². The van der Waals surface area contributed by atoms with E-state index in [9.17, 15) is 0 Å². The van der Waals surface area contributed by atoms with E-state index >= 15 is 0 Å². The number of benzene rings is 5. The summed E-state index contributed by atoms with van der Waals surface area (Å²) in [5, 5.41) is 0. The third kappa shape index (κ3) is 9.20. The molecule has 0 radical (unpaired) electrons. The molecule has 0 fully saturated rings. The first-order chi connectivity index (χ1) is 25.7. The number of hydrogen-bond donors (Lipinski definition) is 0. The van der Waals surface area contributed by atoms with Crippen LogP contribution in [0, 0.1) is 0 Å². The Morgan fingerprint density at radius 2 is 0.962 bits per heavy atom. The second-order valence-corrected chi connectivity index (χ2v) is 17.5. The summed E-state index contributed by atoms with van der Waals surface area (Å²) in [6.45, 7) is 11.5. The Morgan fingerprint density at radius 3 is 1.53 bits per heavy atom. The van der Waals surface area contributed by atoms with Crippen LogP contribution in [0.3, 0.4) is 0 Å². The molecule has 5 aromatic rings. The van der Waals surface area contributed by atoms with Gasteiger partial charge in [0.2, 0.25) is 0 Å². The molecule has 0 saturated carbocycles. The molecule has 0 bridgehead atoms. The summed E-state index contributed by atoms with van der Waals surface area (Å²) in [5.74, 6) is 0. The molecule has 0 saturated heterocycles. The maximum atomic E-state index is 3.91. The highest BCUT2D eigenvalue weighted by Gasteiger charge is 2.42. The highest BCUT2D eigenvalue weighted by atomic mass is 79.9. The highest BCUT2D eigenvalue weighted by molar-refractivity contribution is 9.10. The predicted molar refractivity (Wildman–Crippen MR) is 235 cm³/mol. The van der Waals surface area contributed by atoms with Gasteiger partial charge in [-0.15, -0.1) is 0 Å². The van der Waals surface area contributed by atoms with Crippen LogP contribution in [0.25, 0.3) is 22.3 Å². The molecular formula is C51H62BrN. The minimum absolute atomic E-state index is 0.0192. The number of para-hydroxylation sites is 1. The van der Waals surface area contributed by atoms with Crippen molar-refractivity contribution in [3.63, 3.8) is 0 Å². The number of rotatable bonds is 18. The van der Waals surface area contributed by atoms with Gasteiger partial charge in [0.05, 0.1) is 0 Å². The van der Waals surface area contributed by atoms with Crippen molar-refractivity contribution in [2.45, 2.75) is 135 Å². The largest absolute Gasteiger partial charge is 0.310 e. The van der Waals surface area contributed by atoms with Crippen LogP contribution in [0.15, 0.2) is 120 Å². The standard InChI is InChI=1S/C51H62BrN/c1-6-8-10-12-14-19-35-51(36-20-15-13-11-9-7-2)48-37-42(52)29-33-46(48)47-34-32-45(38-49(47)51)53(43-21-17-16-18-22-43)44-30-25-40(26-31-44)39-23-27-41(28-24-39)50(3,4)5/h16-18,21-34,37-38H,6-15,19-20,35-36H2,1-5H3. The van der Waals surface area contributed by atoms with E-state index in [2.05, 4.69) is 171 Å². The van der Waals surface area contributed by atoms with Gasteiger partial charge in [-0.25, -0.2) is 0 Å². The molecular weight excluding hydrogens is 706 g/mol. The van der Waals surface area contributed by atoms with Gasteiger partial charge in [-0.3, -0.25) is 0 Å². The van der Waals surface area contributed by atoms with Crippen LogP contribution in [-0.2, 0) is 10.8 Å². The molecule has 1 aliphatic rings. The van der Waals surface area contributed by atoms with E-state index in [1.165, 1.54) is 150 Å². The van der Waals surface area contributed by atoms with E-state index in [4.69, 9.17) is 0 Å². The first kappa shape index (κ1) is 39.1. The van der Waals surface area contributed by atoms with Crippen LogP contribution in [0.1, 0.15) is 141 Å². The van der Waals surface area contributed by atoms with E-state index in [0.717, 1.165) is 0 Å². The average Bonchev–Trinajstić information content (AvgIpc) is 3.43. The van der Waals surface area contributed by atoms with Gasteiger partial charge in [0.1, 0.15) is 0 Å². The van der Waals surface area contributed by atoms with Crippen molar-refractivity contribution in [1.29, 1.82) is 0 Å². The fraction of sp³-hybridized carbons (Fsp3) is 0.412. The minimum atomic E-state index is 0.0192. The molecule has 1 nitrogen and oxygen atoms in total. The number of anilines is 3. The molecule has 1 aliphatic carbocycles. The van der Waals surface area contributed by atoms with Crippen molar-refractivity contribution >= 4 is 33.0 Å². The number of nitrogens with zero attached hydrogens (tertiary/aromatic N) is 1. The number of hydrogen-bond acceptors (Lipinski definition) is 1. The summed E-state index contributed by atoms with van der Waals surface area (Å²) in [6, 6.07) is 43.7. The van der Waals surface area contributed by atoms with Gasteiger partial charge in [-0.05, 0) is 106 Å². The summed E-state index contributed by atoms with van der Waals surface area (Å²) in [4.78, 5) is 2.46. The quantitative estimate of drug-likeness (QED) is 0.0803. The van der Waals surface area contributed by atoms with Crippen molar-refractivity contribution < 1.29 is 0 Å². The molecule has 0 aliphatic heterocycles. The zero-order chi connectivity index (χ0) is 37.3. The molecule has 53 heavy (non-hydrogen) atoms. The van der Waals surface area contributed by atoms with E-state index < -0.39 is 0 Å². The molecule has 0 atom stereocenters. The van der Waals surface area contributed by atoms with Crippen molar-refractivity contribution in [3.8, 4) is 22.3 Å². The number of halogens is 1. The third-order valence-electron chi connectivity index (χ3n) is 11.7. The summed E-state index contributed by atoms with van der Waals surface area (Å²) in [6.07, 6.45) is 18.3. The van der Waals surface area contributed by atoms with Gasteiger partial charge < -0.3 is 4.90 Å². The first-order valence-corrected chi connectivity index (χ1v) is 21.6. The Morgan fingerprint density at radius 1 is 0.491 bits per heavy atom. The van der Waals surface area contributed by atoms with Crippen molar-refractivity contribution in [1.82, 2.24) is 0 Å². The molecule has 0 unspecified atom stereocenters. The summed E-state index contributed by atoms with van der Waals surface area (Å²) < 4.78 is 1.19. The summed E-state index contributed by atoms with van der Waals surface area (Å²) >= 11 is 3.91. The summed E-state index contributed by atoms with van der Waals surface area (Å²) in [7, 11) is 0. The molecule has 0 heterocycles. The lowest BCUT2D eigenvalue weighted by atomic mass is 9.70. The van der Waals surface area contributed by atoms with Crippen LogP contribution < -0.4 is 4.90 Å². The average molecular weight is 769 g/mol. The maximum Gasteiger partial charge on any atom is 0.0465 e. The van der Waals surface area contributed by atoms with Crippen LogP contribution in [0.4, 0.5) is 17.1 Å². The van der Waals surface area contributed by atoms with Crippen LogP contribution in [0.2, 0.25) is 0 Å². The molecule has 6 rings (SSSR count). The van der Waals surface area contributed by atoms with Gasteiger partial charge in [0.15, 0.2) is 0 Å². The maximum absolute atomic E-state index is 3.91. The Balaban J connectivity index is 1.39. The number of unbranched alkanes of at least 4 members (excludes halogenated alkanes) is 10. The zero-order valence-corrected chi connectivity index (χ0v) is 34.8. The van der Waals surface area contributed by atoms with Gasteiger partial charge in [0, 0.05) is 26.9 Å². The molecule has 0 N–H and O–H groups in total. The van der Waals surface area contributed by atoms with E-state index in [0.29, 0.717) is 0 Å². The third-order valence-corrected chi connectivity index (χ3v) is 12.2. The lowest BCUT2D eigenvalue weighted by Crippen LogP contribution is -2.26. The molecule has 0 amide bonds. The predicted octanol–water partition coefficient (Wildman–Crippen LogP) is 16.7. The lowest BCUT2D eigenvalue weighted by molar-refractivity contribution is 0.398. The van der Waals surface area contributed by atoms with Gasteiger partial charge in [-0.1, -0.05) is 194 Å². The Labute approximate surface area is 330 Å². The van der Waals surface area contributed by atoms with Gasteiger partial charge in [-0.2, -0.15) is 0 Å². The topological polar surface area (TPSA) is 3.24 Å². The van der Waals surface area contributed by atoms with Crippen LogP contribution in [-0.4, -0.2) is 0 Å². The second kappa shape index (κ2) is 18.1. The Hall–Kier alpha value is -3.62. The van der Waals surface area contributed by atoms with E-state index in [-0.39, 0.29) is 10.8 Å². The van der Waals surface area contributed by atoms with E-state index in [1.807, 2.05) is 0 Å². The monoisotopic (exact) mass is 767 g/mol. The van der Waals surface area contributed by atoms with E-state index in [1.54, 1.807) is 0 Å². The molecule has 5 aromatic carbocycles. The first-order valence-electron chi connectivity index (χ1n) is 20.8. The van der Waals surface area contributed by atoms with Crippen molar-refractivity contribution in [3.05, 3.63) is 136 Å². The SMILES string of the molecule is CCCCCCCCC1(CCCCCCCC)c2cc(Br)ccc2-c2ccc(N(c3ccccc3)c3ccc(-c4ccc(C(C)(C)C)cc4)cc3)cc21. The fourth-order valence-electron chi connectivity index (χ4n) is 8.66. The zero-order valence-electron chi connectivity index (χ0n) is 33.2. The Bertz CT molecular complexity index is 1860. The minimum Gasteiger partial charge on any atom is -0.310 e. The Kier molecular flexibility index (Phi) is 13.4. The van der Waals surface area contributed by atoms with Crippen LogP contribution >= 0.6 is 15.9 Å². The van der Waals surface area contributed by atoms with Crippen molar-refractivity contribution in [2.75, 3.05) is 4.90 Å².